The smallest absolute Gasteiger partial charge is 0.0855 e. The van der Waals surface area contributed by atoms with Crippen molar-refractivity contribution in [2.24, 2.45) is 11.3 Å². The molecule has 0 aliphatic carbocycles. The number of rotatable bonds is 3. The van der Waals surface area contributed by atoms with Gasteiger partial charge in [-0.15, -0.1) is 0 Å². The Morgan fingerprint density at radius 2 is 1.89 bits per heavy atom. The molecule has 9 heavy (non-hydrogen) atoms. The van der Waals surface area contributed by atoms with E-state index in [0.717, 1.165) is 6.42 Å². The summed E-state index contributed by atoms with van der Waals surface area (Å²) >= 11 is 0. The maximum atomic E-state index is 8.72. The fourth-order valence-electron chi connectivity index (χ4n) is 1.10. The second kappa shape index (κ2) is 3.21. The molecule has 0 aromatic carbocycles. The Hall–Kier alpha value is -0.0400. The Morgan fingerprint density at radius 3 is 2.00 bits per heavy atom. The molecule has 1 N–H and O–H groups in total. The summed E-state index contributed by atoms with van der Waals surface area (Å²) in [6.45, 7) is 9.67. The molecule has 0 saturated heterocycles. The molecule has 0 saturated carbocycles. The molecule has 0 unspecified atom stereocenters. The van der Waals surface area contributed by atoms with Crippen LogP contribution < -0.4 is 0 Å². The van der Waals surface area contributed by atoms with E-state index in [1.54, 1.807) is 0 Å². The molecule has 0 bridgehead atoms. The minimum atomic E-state index is -0.00579. The lowest BCUT2D eigenvalue weighted by molar-refractivity contribution is 0.209. The summed E-state index contributed by atoms with van der Waals surface area (Å²) in [5.41, 5.74) is -0.00579. The Labute approximate surface area is 58.1 Å². The predicted octanol–water partition coefficient (Wildman–Crippen LogP) is 2.59. The summed E-state index contributed by atoms with van der Waals surface area (Å²) in [6.07, 6.45) is 1.05. The van der Waals surface area contributed by atoms with Crippen LogP contribution >= 0.6 is 0 Å². The molecule has 1 radical (unpaired) electrons. The molecule has 0 fully saturated rings. The van der Waals surface area contributed by atoms with E-state index in [0.29, 0.717) is 5.92 Å². The summed E-state index contributed by atoms with van der Waals surface area (Å²) in [5, 5.41) is 8.72. The largest absolute Gasteiger partial charge is 0.390 e. The van der Waals surface area contributed by atoms with Crippen LogP contribution in [0.1, 0.15) is 34.1 Å². The van der Waals surface area contributed by atoms with Crippen molar-refractivity contribution in [3.8, 4) is 0 Å². The van der Waals surface area contributed by atoms with Gasteiger partial charge in [0.15, 0.2) is 0 Å². The van der Waals surface area contributed by atoms with Gasteiger partial charge >= 0.3 is 0 Å². The third-order valence-electron chi connectivity index (χ3n) is 1.28. The molecule has 0 rings (SSSR count). The van der Waals surface area contributed by atoms with E-state index < -0.39 is 0 Å². The summed E-state index contributed by atoms with van der Waals surface area (Å²) in [5.74, 6) is 0.656. The second-order valence-electron chi connectivity index (χ2n) is 3.72. The van der Waals surface area contributed by atoms with E-state index >= 15 is 0 Å². The van der Waals surface area contributed by atoms with E-state index in [-0.39, 0.29) is 5.41 Å². The monoisotopic (exact) mass is 129 g/mol. The van der Waals surface area contributed by atoms with Gasteiger partial charge in [-0.3, -0.25) is 0 Å². The Morgan fingerprint density at radius 1 is 1.44 bits per heavy atom. The number of hydrogen-bond acceptors (Lipinski definition) is 1. The summed E-state index contributed by atoms with van der Waals surface area (Å²) in [7, 11) is 0. The fraction of sp³-hybridized carbons (Fsp3) is 0.875. The maximum absolute atomic E-state index is 8.72. The Bertz CT molecular complexity index is 74.6. The normalized spacial score (nSPS) is 12.7. The van der Waals surface area contributed by atoms with E-state index in [2.05, 4.69) is 13.8 Å². The zero-order valence-electron chi connectivity index (χ0n) is 6.81. The van der Waals surface area contributed by atoms with Gasteiger partial charge in [0, 0.05) is 0 Å². The van der Waals surface area contributed by atoms with Crippen molar-refractivity contribution in [3.05, 3.63) is 6.61 Å². The van der Waals surface area contributed by atoms with Crippen LogP contribution in [0.2, 0.25) is 0 Å². The van der Waals surface area contributed by atoms with Crippen LogP contribution in [0.25, 0.3) is 0 Å². The van der Waals surface area contributed by atoms with Gasteiger partial charge in [0.1, 0.15) is 0 Å². The Kier molecular flexibility index (Phi) is 3.20. The zero-order valence-corrected chi connectivity index (χ0v) is 6.81. The predicted molar refractivity (Wildman–Crippen MR) is 39.5 cm³/mol. The van der Waals surface area contributed by atoms with Crippen LogP contribution in [0.15, 0.2) is 0 Å². The Balaban J connectivity index is 3.58. The van der Waals surface area contributed by atoms with Gasteiger partial charge < -0.3 is 5.11 Å². The van der Waals surface area contributed by atoms with E-state index in [9.17, 15) is 0 Å². The van der Waals surface area contributed by atoms with Crippen molar-refractivity contribution >= 4 is 0 Å². The van der Waals surface area contributed by atoms with Crippen molar-refractivity contribution in [1.82, 2.24) is 0 Å². The van der Waals surface area contributed by atoms with Crippen molar-refractivity contribution in [2.45, 2.75) is 34.1 Å². The first-order valence-corrected chi connectivity index (χ1v) is 3.46. The minimum absolute atomic E-state index is 0.00579. The molecule has 0 aliphatic heterocycles. The van der Waals surface area contributed by atoms with Crippen LogP contribution in [0, 0.1) is 17.9 Å². The maximum Gasteiger partial charge on any atom is 0.0855 e. The molecule has 0 aliphatic rings. The number of hydrogen-bond donors (Lipinski definition) is 1. The molecular weight excluding hydrogens is 112 g/mol. The summed E-state index contributed by atoms with van der Waals surface area (Å²) in [4.78, 5) is 0. The third kappa shape index (κ3) is 4.46. The second-order valence-corrected chi connectivity index (χ2v) is 3.72. The van der Waals surface area contributed by atoms with Gasteiger partial charge in [-0.25, -0.2) is 0 Å². The van der Waals surface area contributed by atoms with Gasteiger partial charge in [0.2, 0.25) is 0 Å². The van der Waals surface area contributed by atoms with E-state index in [1.807, 2.05) is 13.8 Å². The topological polar surface area (TPSA) is 20.2 Å². The summed E-state index contributed by atoms with van der Waals surface area (Å²) in [6, 6.07) is 0. The van der Waals surface area contributed by atoms with Gasteiger partial charge in [0.25, 0.3) is 0 Å². The van der Waals surface area contributed by atoms with Gasteiger partial charge in [-0.05, 0) is 17.8 Å². The molecule has 0 heterocycles. The first-order chi connectivity index (χ1) is 3.98. The van der Waals surface area contributed by atoms with Crippen molar-refractivity contribution in [2.75, 3.05) is 0 Å². The molecule has 0 amide bonds. The average Bonchev–Trinajstić information content (AvgIpc) is 1.63. The van der Waals surface area contributed by atoms with Crippen LogP contribution in [0.3, 0.4) is 0 Å². The highest BCUT2D eigenvalue weighted by atomic mass is 16.3. The fourth-order valence-corrected chi connectivity index (χ4v) is 1.10. The molecule has 1 nitrogen and oxygen atoms in total. The standard InChI is InChI=1S/C8H17O/c1-7(2)5-8(3,4)6-9/h6-7,9H,5H2,1-4H3. The highest BCUT2D eigenvalue weighted by molar-refractivity contribution is 4.76. The number of aliphatic hydroxyl groups is 1. The van der Waals surface area contributed by atoms with Crippen molar-refractivity contribution < 1.29 is 5.11 Å². The SMILES string of the molecule is CC(C)CC(C)(C)[CH]O. The molecule has 0 aromatic rings. The average molecular weight is 129 g/mol. The van der Waals surface area contributed by atoms with Crippen LogP contribution in [0.4, 0.5) is 0 Å². The first-order valence-electron chi connectivity index (χ1n) is 3.46. The van der Waals surface area contributed by atoms with Crippen LogP contribution in [0.5, 0.6) is 0 Å². The van der Waals surface area contributed by atoms with Gasteiger partial charge in [0.05, 0.1) is 6.61 Å². The van der Waals surface area contributed by atoms with Crippen molar-refractivity contribution in [1.29, 1.82) is 0 Å². The van der Waals surface area contributed by atoms with Crippen molar-refractivity contribution in [3.63, 3.8) is 0 Å². The molecule has 0 spiro atoms. The van der Waals surface area contributed by atoms with E-state index in [1.165, 1.54) is 6.61 Å². The molecule has 0 atom stereocenters. The van der Waals surface area contributed by atoms with Crippen LogP contribution in [-0.4, -0.2) is 5.11 Å². The highest BCUT2D eigenvalue weighted by Crippen LogP contribution is 2.26. The molecule has 0 aromatic heterocycles. The lowest BCUT2D eigenvalue weighted by atomic mass is 9.85. The van der Waals surface area contributed by atoms with Gasteiger partial charge in [-0.2, -0.15) is 0 Å². The lowest BCUT2D eigenvalue weighted by Crippen LogP contribution is -2.14. The lowest BCUT2D eigenvalue weighted by Gasteiger charge is -2.22. The minimum Gasteiger partial charge on any atom is -0.390 e. The molecular formula is C8H17O. The van der Waals surface area contributed by atoms with Gasteiger partial charge in [-0.1, -0.05) is 27.7 Å². The first kappa shape index (κ1) is 8.96. The van der Waals surface area contributed by atoms with E-state index in [4.69, 9.17) is 5.11 Å². The van der Waals surface area contributed by atoms with Crippen LogP contribution in [-0.2, 0) is 0 Å². The quantitative estimate of drug-likeness (QED) is 0.621. The molecule has 1 heteroatoms. The third-order valence-corrected chi connectivity index (χ3v) is 1.28. The zero-order chi connectivity index (χ0) is 7.49. The molecule has 55 valence electrons. The number of aliphatic hydroxyl groups excluding tert-OH is 1. The summed E-state index contributed by atoms with van der Waals surface area (Å²) < 4.78 is 0. The highest BCUT2D eigenvalue weighted by Gasteiger charge is 2.17.